The van der Waals surface area contributed by atoms with Crippen molar-refractivity contribution in [1.82, 2.24) is 19.9 Å². The number of rotatable bonds is 6. The number of aryl methyl sites for hydroxylation is 1. The van der Waals surface area contributed by atoms with Crippen LogP contribution in [0.25, 0.3) is 22.3 Å². The van der Waals surface area contributed by atoms with E-state index in [2.05, 4.69) is 20.2 Å². The van der Waals surface area contributed by atoms with Crippen molar-refractivity contribution < 1.29 is 9.84 Å². The molecule has 10 heteroatoms. The highest BCUT2D eigenvalue weighted by Gasteiger charge is 2.23. The normalized spacial score (nSPS) is 21.5. The minimum atomic E-state index is -0.235. The van der Waals surface area contributed by atoms with Crippen LogP contribution in [0.5, 0.6) is 0 Å². The fourth-order valence-electron chi connectivity index (χ4n) is 4.79. The molecule has 2 aliphatic rings. The van der Waals surface area contributed by atoms with Crippen LogP contribution < -0.4 is 5.32 Å². The van der Waals surface area contributed by atoms with Crippen LogP contribution in [-0.4, -0.2) is 51.5 Å². The quantitative estimate of drug-likeness (QED) is 0.441. The van der Waals surface area contributed by atoms with Crippen LogP contribution in [0.15, 0.2) is 23.8 Å². The summed E-state index contributed by atoms with van der Waals surface area (Å²) in [4.78, 5) is 9.62. The van der Waals surface area contributed by atoms with E-state index in [0.29, 0.717) is 10.9 Å². The summed E-state index contributed by atoms with van der Waals surface area (Å²) in [5.74, 6) is 0.488. The van der Waals surface area contributed by atoms with E-state index in [-0.39, 0.29) is 37.0 Å². The molecule has 0 aliphatic carbocycles. The second-order valence-electron chi connectivity index (χ2n) is 8.63. The number of piperidine rings is 1. The van der Waals surface area contributed by atoms with Gasteiger partial charge in [-0.15, -0.1) is 36.2 Å². The number of nitrogens with zero attached hydrogens (tertiary/aromatic N) is 3. The topological polar surface area (TPSA) is 72.2 Å². The van der Waals surface area contributed by atoms with E-state index < -0.39 is 0 Å². The van der Waals surface area contributed by atoms with E-state index in [1.807, 2.05) is 18.5 Å². The number of nitrogens with one attached hydrogen (secondary N) is 1. The number of halogens is 3. The molecule has 3 aromatic rings. The number of thiazole rings is 1. The highest BCUT2D eigenvalue weighted by atomic mass is 35.5. The largest absolute Gasteiger partial charge is 0.392 e. The molecule has 4 heterocycles. The summed E-state index contributed by atoms with van der Waals surface area (Å²) in [6.45, 7) is 3.49. The van der Waals surface area contributed by atoms with Gasteiger partial charge in [-0.2, -0.15) is 0 Å². The van der Waals surface area contributed by atoms with Gasteiger partial charge in [0.05, 0.1) is 34.2 Å². The van der Waals surface area contributed by atoms with Gasteiger partial charge in [0, 0.05) is 47.7 Å². The molecular formula is C23H31Cl3N4O2S. The van der Waals surface area contributed by atoms with Crippen molar-refractivity contribution in [1.29, 1.82) is 0 Å². The number of hydrogen-bond donors (Lipinski definition) is 2. The number of hydrogen-bond acceptors (Lipinski definition) is 6. The maximum absolute atomic E-state index is 10.2. The van der Waals surface area contributed by atoms with Gasteiger partial charge in [0.2, 0.25) is 0 Å². The average Bonchev–Trinajstić information content (AvgIpc) is 3.43. The highest BCUT2D eigenvalue weighted by molar-refractivity contribution is 7.10. The SMILES string of the molecule is Cl.Cl.O[C@H]1CCCN[C@@H]1CCCn1cnc2cc(Cl)cc(-c3csc(C4CCOCC4)n3)c21. The summed E-state index contributed by atoms with van der Waals surface area (Å²) in [6.07, 6.45) is 7.63. The lowest BCUT2D eigenvalue weighted by molar-refractivity contribution is 0.0853. The van der Waals surface area contributed by atoms with Gasteiger partial charge in [-0.3, -0.25) is 0 Å². The third-order valence-corrected chi connectivity index (χ3v) is 7.73. The fraction of sp³-hybridized carbons (Fsp3) is 0.565. The maximum atomic E-state index is 10.2. The Balaban J connectivity index is 0.00000153. The Morgan fingerprint density at radius 2 is 2.03 bits per heavy atom. The van der Waals surface area contributed by atoms with Crippen LogP contribution in [0.1, 0.15) is 49.5 Å². The first-order chi connectivity index (χ1) is 15.2. The number of fused-ring (bicyclic) bond motifs is 1. The third kappa shape index (κ3) is 6.01. The Bertz CT molecular complexity index is 1040. The van der Waals surface area contributed by atoms with E-state index in [9.17, 15) is 5.11 Å². The maximum Gasteiger partial charge on any atom is 0.0965 e. The zero-order chi connectivity index (χ0) is 21.2. The predicted molar refractivity (Wildman–Crippen MR) is 139 cm³/mol. The number of aromatic nitrogens is 3. The van der Waals surface area contributed by atoms with Gasteiger partial charge in [-0.05, 0) is 57.2 Å². The molecule has 0 bridgehead atoms. The summed E-state index contributed by atoms with van der Waals surface area (Å²) in [7, 11) is 0. The summed E-state index contributed by atoms with van der Waals surface area (Å²) in [5, 5.41) is 17.7. The van der Waals surface area contributed by atoms with Crippen molar-refractivity contribution in [3.63, 3.8) is 0 Å². The number of aliphatic hydroxyl groups is 1. The van der Waals surface area contributed by atoms with E-state index in [1.165, 1.54) is 5.01 Å². The molecule has 0 radical (unpaired) electrons. The van der Waals surface area contributed by atoms with Crippen molar-refractivity contribution in [2.24, 2.45) is 0 Å². The number of aliphatic hydroxyl groups excluding tert-OH is 1. The molecule has 2 fully saturated rings. The summed E-state index contributed by atoms with van der Waals surface area (Å²) in [6, 6.07) is 4.13. The molecule has 0 unspecified atom stereocenters. The van der Waals surface area contributed by atoms with Crippen molar-refractivity contribution >= 4 is 58.8 Å². The molecule has 182 valence electrons. The minimum Gasteiger partial charge on any atom is -0.392 e. The Morgan fingerprint density at radius 1 is 1.21 bits per heavy atom. The molecule has 0 spiro atoms. The smallest absolute Gasteiger partial charge is 0.0965 e. The van der Waals surface area contributed by atoms with Gasteiger partial charge >= 0.3 is 0 Å². The number of imidazole rings is 1. The molecule has 1 aromatic carbocycles. The lowest BCUT2D eigenvalue weighted by Crippen LogP contribution is -2.44. The molecule has 0 amide bonds. The first-order valence-corrected chi connectivity index (χ1v) is 12.5. The van der Waals surface area contributed by atoms with Crippen LogP contribution in [0.4, 0.5) is 0 Å². The van der Waals surface area contributed by atoms with E-state index in [4.69, 9.17) is 21.3 Å². The van der Waals surface area contributed by atoms with Crippen LogP contribution in [0.3, 0.4) is 0 Å². The Morgan fingerprint density at radius 3 is 2.82 bits per heavy atom. The molecule has 33 heavy (non-hydrogen) atoms. The van der Waals surface area contributed by atoms with Crippen LogP contribution in [-0.2, 0) is 11.3 Å². The number of benzene rings is 1. The van der Waals surface area contributed by atoms with Crippen molar-refractivity contribution in [3.8, 4) is 11.3 Å². The second kappa shape index (κ2) is 12.2. The Hall–Kier alpha value is -0.930. The van der Waals surface area contributed by atoms with Crippen molar-refractivity contribution in [2.45, 2.75) is 63.1 Å². The standard InChI is InChI=1S/C23H29ClN4O2S.2ClH/c24-16-11-17(20-13-31-23(27-20)15-5-9-30-10-6-15)22-19(12-16)26-14-28(22)8-2-3-18-21(29)4-1-7-25-18;;/h11-15,18,21,25,29H,1-10H2;2*1H/t18-,21+;;/m1../s1. The fourth-order valence-corrected chi connectivity index (χ4v) is 6.00. The molecule has 2 saturated heterocycles. The van der Waals surface area contributed by atoms with Gasteiger partial charge in [-0.25, -0.2) is 9.97 Å². The molecule has 2 aromatic heterocycles. The van der Waals surface area contributed by atoms with Gasteiger partial charge in [0.1, 0.15) is 0 Å². The average molecular weight is 534 g/mol. The first-order valence-electron chi connectivity index (χ1n) is 11.3. The number of ether oxygens (including phenoxy) is 1. The monoisotopic (exact) mass is 532 g/mol. The van der Waals surface area contributed by atoms with Crippen molar-refractivity contribution in [2.75, 3.05) is 19.8 Å². The van der Waals surface area contributed by atoms with Crippen molar-refractivity contribution in [3.05, 3.63) is 33.9 Å². The zero-order valence-electron chi connectivity index (χ0n) is 18.4. The molecule has 2 aliphatic heterocycles. The van der Waals surface area contributed by atoms with Crippen LogP contribution >= 0.6 is 47.8 Å². The molecule has 2 atom stereocenters. The third-order valence-electron chi connectivity index (χ3n) is 6.51. The Labute approximate surface area is 215 Å². The lowest BCUT2D eigenvalue weighted by atomic mass is 9.97. The molecule has 0 saturated carbocycles. The van der Waals surface area contributed by atoms with Crippen LogP contribution in [0.2, 0.25) is 5.02 Å². The van der Waals surface area contributed by atoms with Gasteiger partial charge in [-0.1, -0.05) is 11.6 Å². The molecule has 6 nitrogen and oxygen atoms in total. The van der Waals surface area contributed by atoms with Gasteiger partial charge in [0.15, 0.2) is 0 Å². The van der Waals surface area contributed by atoms with Crippen LogP contribution in [0, 0.1) is 0 Å². The Kier molecular flexibility index (Phi) is 9.83. The summed E-state index contributed by atoms with van der Waals surface area (Å²) in [5.41, 5.74) is 4.01. The first kappa shape index (κ1) is 26.7. The van der Waals surface area contributed by atoms with E-state index >= 15 is 0 Å². The summed E-state index contributed by atoms with van der Waals surface area (Å²) < 4.78 is 7.72. The summed E-state index contributed by atoms with van der Waals surface area (Å²) >= 11 is 8.17. The molecular weight excluding hydrogens is 503 g/mol. The second-order valence-corrected chi connectivity index (χ2v) is 9.96. The predicted octanol–water partition coefficient (Wildman–Crippen LogP) is 5.44. The van der Waals surface area contributed by atoms with Gasteiger partial charge in [0.25, 0.3) is 0 Å². The lowest BCUT2D eigenvalue weighted by Gasteiger charge is -2.29. The zero-order valence-corrected chi connectivity index (χ0v) is 21.6. The van der Waals surface area contributed by atoms with Gasteiger partial charge < -0.3 is 19.7 Å². The highest BCUT2D eigenvalue weighted by Crippen LogP contribution is 2.36. The molecule has 5 rings (SSSR count). The van der Waals surface area contributed by atoms with E-state index in [0.717, 1.165) is 87.1 Å². The van der Waals surface area contributed by atoms with E-state index in [1.54, 1.807) is 11.3 Å². The minimum absolute atomic E-state index is 0. The molecule has 2 N–H and O–H groups in total.